The maximum Gasteiger partial charge on any atom is 0.153 e. The molecular formula is C18H26BBrN2S2. The van der Waals surface area contributed by atoms with Gasteiger partial charge in [-0.15, -0.1) is 22.7 Å². The number of rotatable bonds is 11. The lowest BCUT2D eigenvalue weighted by atomic mass is 10.0. The molecule has 2 nitrogen and oxygen atoms in total. The average Bonchev–Trinajstić information content (AvgIpc) is 3.12. The van der Waals surface area contributed by atoms with Crippen LogP contribution in [0.25, 0.3) is 10.0 Å². The van der Waals surface area contributed by atoms with Gasteiger partial charge in [0.15, 0.2) is 10.0 Å². The molecule has 0 saturated heterocycles. The molecule has 2 rings (SSSR count). The van der Waals surface area contributed by atoms with E-state index in [0.29, 0.717) is 0 Å². The topological polar surface area (TPSA) is 25.8 Å². The third kappa shape index (κ3) is 5.96. The highest BCUT2D eigenvalue weighted by molar-refractivity contribution is 9.11. The maximum absolute atomic E-state index is 6.17. The van der Waals surface area contributed by atoms with Crippen LogP contribution in [0, 0.1) is 0 Å². The number of hydrogen-bond acceptors (Lipinski definition) is 4. The molecule has 0 amide bonds. The smallest absolute Gasteiger partial charge is 0.153 e. The summed E-state index contributed by atoms with van der Waals surface area (Å²) in [6.07, 6.45) is 12.1. The second-order valence-electron chi connectivity index (χ2n) is 6.19. The Bertz CT molecular complexity index is 570. The lowest BCUT2D eigenvalue weighted by molar-refractivity contribution is 0.661. The molecule has 0 N–H and O–H groups in total. The van der Waals surface area contributed by atoms with Crippen molar-refractivity contribution < 1.29 is 0 Å². The third-order valence-corrected chi connectivity index (χ3v) is 6.99. The van der Waals surface area contributed by atoms with E-state index in [4.69, 9.17) is 17.8 Å². The van der Waals surface area contributed by atoms with E-state index in [9.17, 15) is 0 Å². The van der Waals surface area contributed by atoms with E-state index < -0.39 is 0 Å². The van der Waals surface area contributed by atoms with Gasteiger partial charge in [0.05, 0.1) is 9.48 Å². The molecule has 0 bridgehead atoms. The largest absolute Gasteiger partial charge is 0.239 e. The van der Waals surface area contributed by atoms with E-state index in [2.05, 4.69) is 29.8 Å². The zero-order valence-corrected chi connectivity index (χ0v) is 18.0. The van der Waals surface area contributed by atoms with Gasteiger partial charge in [-0.1, -0.05) is 52.4 Å². The highest BCUT2D eigenvalue weighted by atomic mass is 79.9. The van der Waals surface area contributed by atoms with E-state index in [0.717, 1.165) is 37.1 Å². The Morgan fingerprint density at radius 3 is 1.96 bits per heavy atom. The number of halogens is 1. The van der Waals surface area contributed by atoms with Gasteiger partial charge >= 0.3 is 0 Å². The Balaban J connectivity index is 1.98. The molecule has 0 spiro atoms. The quantitative estimate of drug-likeness (QED) is 0.323. The fourth-order valence-corrected chi connectivity index (χ4v) is 5.13. The van der Waals surface area contributed by atoms with Gasteiger partial charge in [-0.25, -0.2) is 9.97 Å². The minimum Gasteiger partial charge on any atom is -0.239 e. The Kier molecular flexibility index (Phi) is 8.99. The minimum absolute atomic E-state index is 0.859. The average molecular weight is 425 g/mol. The van der Waals surface area contributed by atoms with Crippen molar-refractivity contribution in [1.82, 2.24) is 9.97 Å². The highest BCUT2D eigenvalue weighted by Crippen LogP contribution is 2.34. The molecule has 2 heterocycles. The van der Waals surface area contributed by atoms with Crippen molar-refractivity contribution in [1.29, 1.82) is 0 Å². The predicted octanol–water partition coefficient (Wildman–Crippen LogP) is 6.07. The van der Waals surface area contributed by atoms with Crippen molar-refractivity contribution in [2.24, 2.45) is 0 Å². The van der Waals surface area contributed by atoms with Gasteiger partial charge in [0.25, 0.3) is 0 Å². The van der Waals surface area contributed by atoms with Crippen molar-refractivity contribution >= 4 is 51.2 Å². The maximum atomic E-state index is 6.17. The van der Waals surface area contributed by atoms with E-state index in [-0.39, 0.29) is 0 Å². The van der Waals surface area contributed by atoms with Crippen LogP contribution in [-0.4, -0.2) is 17.8 Å². The molecule has 0 aromatic carbocycles. The lowest BCUT2D eigenvalue weighted by Crippen LogP contribution is -2.04. The molecule has 0 saturated carbocycles. The van der Waals surface area contributed by atoms with Crippen molar-refractivity contribution in [3.05, 3.63) is 15.2 Å². The predicted molar refractivity (Wildman–Crippen MR) is 112 cm³/mol. The molecule has 2 aromatic rings. The molecule has 0 atom stereocenters. The molecule has 0 unspecified atom stereocenters. The number of hydrogen-bond donors (Lipinski definition) is 0. The molecule has 2 radical (unpaired) electrons. The third-order valence-electron chi connectivity index (χ3n) is 4.09. The van der Waals surface area contributed by atoms with Crippen molar-refractivity contribution in [2.75, 3.05) is 0 Å². The zero-order valence-electron chi connectivity index (χ0n) is 14.7. The van der Waals surface area contributed by atoms with E-state index in [1.54, 1.807) is 22.7 Å². The first kappa shape index (κ1) is 20.1. The van der Waals surface area contributed by atoms with Crippen LogP contribution in [0.5, 0.6) is 0 Å². The Morgan fingerprint density at radius 1 is 0.792 bits per heavy atom. The summed E-state index contributed by atoms with van der Waals surface area (Å²) < 4.78 is 2.00. The normalized spacial score (nSPS) is 11.3. The molecule has 0 fully saturated rings. The lowest BCUT2D eigenvalue weighted by Gasteiger charge is -1.98. The molecular weight excluding hydrogens is 399 g/mol. The van der Waals surface area contributed by atoms with Gasteiger partial charge in [-0.3, -0.25) is 0 Å². The summed E-state index contributed by atoms with van der Waals surface area (Å²) in [5, 5.41) is 1.98. The van der Waals surface area contributed by atoms with Crippen LogP contribution in [0.2, 0.25) is 0 Å². The summed E-state index contributed by atoms with van der Waals surface area (Å²) in [7, 11) is 6.17. The van der Waals surface area contributed by atoms with Gasteiger partial charge in [-0.2, -0.15) is 0 Å². The van der Waals surface area contributed by atoms with Gasteiger partial charge in [0, 0.05) is 5.69 Å². The van der Waals surface area contributed by atoms with E-state index in [1.165, 1.54) is 57.1 Å². The summed E-state index contributed by atoms with van der Waals surface area (Å²) in [6, 6.07) is 0. The molecule has 0 aliphatic rings. The second kappa shape index (κ2) is 10.7. The fraction of sp³-hybridized carbons (Fsp3) is 0.667. The SMILES string of the molecule is [B]c1sc(-c2nc(CCCCCC)c(Br)s2)nc1CCCCCC. The minimum atomic E-state index is 0.859. The molecule has 0 aliphatic carbocycles. The summed E-state index contributed by atoms with van der Waals surface area (Å²) in [5.74, 6) is 0. The van der Waals surface area contributed by atoms with Crippen LogP contribution in [0.15, 0.2) is 3.79 Å². The summed E-state index contributed by atoms with van der Waals surface area (Å²) in [6.45, 7) is 4.47. The van der Waals surface area contributed by atoms with Crippen LogP contribution in [-0.2, 0) is 12.8 Å². The first-order chi connectivity index (χ1) is 11.7. The number of aryl methyl sites for hydroxylation is 2. The Hall–Kier alpha value is -0.195. The number of unbranched alkanes of at least 4 members (excludes halogenated alkanes) is 6. The zero-order chi connectivity index (χ0) is 17.4. The number of nitrogens with zero attached hydrogens (tertiary/aromatic N) is 2. The summed E-state index contributed by atoms with van der Waals surface area (Å²) >= 11 is 6.93. The van der Waals surface area contributed by atoms with Crippen LogP contribution in [0.4, 0.5) is 0 Å². The van der Waals surface area contributed by atoms with E-state index >= 15 is 0 Å². The summed E-state index contributed by atoms with van der Waals surface area (Å²) in [5.41, 5.74) is 2.23. The van der Waals surface area contributed by atoms with E-state index in [1.807, 2.05) is 0 Å². The molecule has 2 aromatic heterocycles. The van der Waals surface area contributed by atoms with Gasteiger partial charge in [0.1, 0.15) is 7.85 Å². The van der Waals surface area contributed by atoms with Crippen molar-refractivity contribution in [3.63, 3.8) is 0 Å². The standard InChI is InChI=1S/C18H26BBrN2S2/c1-3-5-7-9-11-13-15(19)23-17(21-13)18-22-14(16(20)24-18)12-10-8-6-4-2/h3-12H2,1-2H3. The van der Waals surface area contributed by atoms with Gasteiger partial charge in [0.2, 0.25) is 0 Å². The molecule has 6 heteroatoms. The first-order valence-electron chi connectivity index (χ1n) is 9.06. The Morgan fingerprint density at radius 2 is 1.33 bits per heavy atom. The molecule has 24 heavy (non-hydrogen) atoms. The van der Waals surface area contributed by atoms with Crippen LogP contribution >= 0.6 is 38.6 Å². The monoisotopic (exact) mass is 424 g/mol. The fourth-order valence-electron chi connectivity index (χ4n) is 2.65. The van der Waals surface area contributed by atoms with Crippen LogP contribution in [0.3, 0.4) is 0 Å². The van der Waals surface area contributed by atoms with Gasteiger partial charge in [-0.05, 0) is 46.4 Å². The van der Waals surface area contributed by atoms with Gasteiger partial charge < -0.3 is 0 Å². The molecule has 0 aliphatic heterocycles. The number of thiazole rings is 2. The van der Waals surface area contributed by atoms with Crippen LogP contribution in [0.1, 0.15) is 76.6 Å². The Labute approximate surface area is 164 Å². The summed E-state index contributed by atoms with van der Waals surface area (Å²) in [4.78, 5) is 9.57. The van der Waals surface area contributed by atoms with Crippen molar-refractivity contribution in [2.45, 2.75) is 78.1 Å². The van der Waals surface area contributed by atoms with Crippen molar-refractivity contribution in [3.8, 4) is 10.0 Å². The number of aromatic nitrogens is 2. The first-order valence-corrected chi connectivity index (χ1v) is 11.5. The van der Waals surface area contributed by atoms with Crippen LogP contribution < -0.4 is 4.78 Å². The molecule has 130 valence electrons. The highest BCUT2D eigenvalue weighted by Gasteiger charge is 2.15. The second-order valence-corrected chi connectivity index (χ2v) is 9.54.